The third kappa shape index (κ3) is 5.61. The van der Waals surface area contributed by atoms with Crippen molar-refractivity contribution in [1.29, 1.82) is 0 Å². The van der Waals surface area contributed by atoms with Crippen LogP contribution in [0.2, 0.25) is 0 Å². The summed E-state index contributed by atoms with van der Waals surface area (Å²) in [4.78, 5) is 38.5. The van der Waals surface area contributed by atoms with E-state index in [-0.39, 0.29) is 30.1 Å². The van der Waals surface area contributed by atoms with E-state index in [1.54, 1.807) is 17.5 Å². The Bertz CT molecular complexity index is 1440. The monoisotopic (exact) mass is 546 g/mol. The van der Waals surface area contributed by atoms with Crippen LogP contribution in [-0.4, -0.2) is 43.8 Å². The average molecular weight is 547 g/mol. The molecule has 2 heterocycles. The first kappa shape index (κ1) is 25.5. The van der Waals surface area contributed by atoms with Crippen molar-refractivity contribution in [2.45, 2.75) is 6.42 Å². The van der Waals surface area contributed by atoms with Gasteiger partial charge in [-0.1, -0.05) is 30.0 Å². The van der Waals surface area contributed by atoms with Gasteiger partial charge in [0, 0.05) is 29.6 Å². The van der Waals surface area contributed by atoms with E-state index in [9.17, 15) is 28.3 Å². The number of rotatable bonds is 7. The zero-order valence-corrected chi connectivity index (χ0v) is 20.6. The maximum atomic E-state index is 13.5. The summed E-state index contributed by atoms with van der Waals surface area (Å²) in [6.07, 6.45) is 1.57. The van der Waals surface area contributed by atoms with Gasteiger partial charge in [-0.2, -0.15) is 0 Å². The number of thiocarbonyl (C=S) groups is 1. The number of carboxylic acid groups (broad SMARTS) is 1. The lowest BCUT2D eigenvalue weighted by Crippen LogP contribution is -2.31. The van der Waals surface area contributed by atoms with Gasteiger partial charge in [0.15, 0.2) is 11.6 Å². The summed E-state index contributed by atoms with van der Waals surface area (Å²) in [7, 11) is 0. The number of hydrogen-bond donors (Lipinski definition) is 3. The number of phenols is 1. The quantitative estimate of drug-likeness (QED) is 0.272. The molecule has 1 aliphatic heterocycles. The van der Waals surface area contributed by atoms with Crippen molar-refractivity contribution in [2.24, 2.45) is 0 Å². The number of thiophene rings is 1. The molecule has 184 valence electrons. The lowest BCUT2D eigenvalue weighted by Gasteiger charge is -2.14. The van der Waals surface area contributed by atoms with Crippen molar-refractivity contribution in [3.05, 3.63) is 74.8 Å². The third-order valence-electron chi connectivity index (χ3n) is 5.09. The van der Waals surface area contributed by atoms with Gasteiger partial charge in [-0.25, -0.2) is 13.6 Å². The van der Waals surface area contributed by atoms with Gasteiger partial charge < -0.3 is 15.5 Å². The van der Waals surface area contributed by atoms with Gasteiger partial charge >= 0.3 is 5.97 Å². The molecule has 0 atom stereocenters. The molecule has 3 aromatic rings. The molecule has 0 aliphatic carbocycles. The van der Waals surface area contributed by atoms with Crippen molar-refractivity contribution < 1.29 is 33.4 Å². The number of nitrogens with zero attached hydrogens (tertiary/aromatic N) is 1. The zero-order chi connectivity index (χ0) is 26.0. The van der Waals surface area contributed by atoms with Crippen LogP contribution < -0.4 is 5.32 Å². The Morgan fingerprint density at radius 3 is 2.56 bits per heavy atom. The van der Waals surface area contributed by atoms with Crippen LogP contribution in [0.15, 0.2) is 52.7 Å². The van der Waals surface area contributed by atoms with E-state index < -0.39 is 29.3 Å². The van der Waals surface area contributed by atoms with Crippen molar-refractivity contribution in [1.82, 2.24) is 4.90 Å². The second-order valence-corrected chi connectivity index (χ2v) is 10.2. The van der Waals surface area contributed by atoms with Crippen LogP contribution >= 0.6 is 35.3 Å². The van der Waals surface area contributed by atoms with Gasteiger partial charge in [-0.3, -0.25) is 14.5 Å². The molecule has 0 bridgehead atoms. The Hall–Kier alpha value is -3.61. The number of amides is 2. The fourth-order valence-corrected chi connectivity index (χ4v) is 5.53. The number of nitrogens with one attached hydrogen (secondary N) is 1. The summed E-state index contributed by atoms with van der Waals surface area (Å²) < 4.78 is 27.0. The van der Waals surface area contributed by atoms with E-state index in [1.165, 1.54) is 34.4 Å². The number of aromatic hydroxyl groups is 1. The normalized spacial score (nSPS) is 14.5. The molecule has 0 spiro atoms. The molecule has 12 heteroatoms. The minimum absolute atomic E-state index is 0.0254. The van der Waals surface area contributed by atoms with Crippen molar-refractivity contribution in [3.63, 3.8) is 0 Å². The van der Waals surface area contributed by atoms with Crippen LogP contribution in [0.5, 0.6) is 5.75 Å². The van der Waals surface area contributed by atoms with Crippen molar-refractivity contribution in [2.75, 3.05) is 11.9 Å². The van der Waals surface area contributed by atoms with Crippen LogP contribution in [0.3, 0.4) is 0 Å². The van der Waals surface area contributed by atoms with E-state index in [0.717, 1.165) is 34.8 Å². The molecule has 0 radical (unpaired) electrons. The van der Waals surface area contributed by atoms with Crippen LogP contribution in [-0.2, 0) is 9.59 Å². The Labute approximate surface area is 217 Å². The second-order valence-electron chi connectivity index (χ2n) is 7.54. The van der Waals surface area contributed by atoms with Crippen molar-refractivity contribution in [3.8, 4) is 16.9 Å². The molecule has 1 saturated heterocycles. The zero-order valence-electron chi connectivity index (χ0n) is 18.2. The van der Waals surface area contributed by atoms with E-state index in [1.807, 2.05) is 0 Å². The third-order valence-corrected chi connectivity index (χ3v) is 7.35. The number of thioether (sulfide) groups is 1. The number of carboxylic acids is 1. The molecule has 2 aromatic carbocycles. The van der Waals surface area contributed by atoms with Gasteiger partial charge in [0.25, 0.3) is 5.91 Å². The van der Waals surface area contributed by atoms with Gasteiger partial charge in [0.1, 0.15) is 15.6 Å². The van der Waals surface area contributed by atoms with E-state index >= 15 is 0 Å². The maximum absolute atomic E-state index is 13.5. The summed E-state index contributed by atoms with van der Waals surface area (Å²) in [5.74, 6) is -4.46. The summed E-state index contributed by atoms with van der Waals surface area (Å²) in [5, 5.41) is 23.0. The standard InChI is InChI=1S/C24H16F2N2O5S3/c25-17-4-1-12(8-18(17)26)13-7-15(35-11-13)10-20-22(31)28(24(34)36-20)6-5-21(30)27-14-2-3-16(23(32)33)19(29)9-14/h1-4,7-11,29H,5-6H2,(H,27,30)(H,32,33). The summed E-state index contributed by atoms with van der Waals surface area (Å²) in [5.41, 5.74) is 1.11. The summed E-state index contributed by atoms with van der Waals surface area (Å²) >= 11 is 7.71. The number of aromatic carboxylic acids is 1. The second kappa shape index (κ2) is 10.6. The van der Waals surface area contributed by atoms with E-state index in [0.29, 0.717) is 20.4 Å². The number of halogens is 2. The molecule has 1 aliphatic rings. The molecule has 3 N–H and O–H groups in total. The molecule has 2 amide bonds. The first-order chi connectivity index (χ1) is 17.1. The molecule has 1 aromatic heterocycles. The SMILES string of the molecule is O=C(CCN1C(=O)C(=Cc2cc(-c3ccc(F)c(F)c3)cs2)SC1=S)Nc1ccc(C(=O)O)c(O)c1. The Morgan fingerprint density at radius 1 is 1.08 bits per heavy atom. The number of benzene rings is 2. The highest BCUT2D eigenvalue weighted by molar-refractivity contribution is 8.26. The molecule has 7 nitrogen and oxygen atoms in total. The molecular weight excluding hydrogens is 530 g/mol. The smallest absolute Gasteiger partial charge is 0.339 e. The van der Waals surface area contributed by atoms with Crippen LogP contribution in [0, 0.1) is 11.6 Å². The largest absolute Gasteiger partial charge is 0.507 e. The first-order valence-electron chi connectivity index (χ1n) is 10.3. The average Bonchev–Trinajstić information content (AvgIpc) is 3.38. The predicted octanol–water partition coefficient (Wildman–Crippen LogP) is 5.33. The van der Waals surface area contributed by atoms with Crippen LogP contribution in [0.25, 0.3) is 17.2 Å². The Balaban J connectivity index is 1.38. The van der Waals surface area contributed by atoms with Crippen LogP contribution in [0.1, 0.15) is 21.7 Å². The minimum atomic E-state index is -1.30. The summed E-state index contributed by atoms with van der Waals surface area (Å²) in [6, 6.07) is 9.02. The highest BCUT2D eigenvalue weighted by atomic mass is 32.2. The Kier molecular flexibility index (Phi) is 7.48. The van der Waals surface area contributed by atoms with Crippen LogP contribution in [0.4, 0.5) is 14.5 Å². The summed E-state index contributed by atoms with van der Waals surface area (Å²) in [6.45, 7) is 0.0254. The van der Waals surface area contributed by atoms with Crippen molar-refractivity contribution >= 4 is 69.2 Å². The maximum Gasteiger partial charge on any atom is 0.339 e. The highest BCUT2D eigenvalue weighted by Gasteiger charge is 2.32. The molecule has 4 rings (SSSR count). The number of carbonyl (C=O) groups is 3. The number of hydrogen-bond acceptors (Lipinski definition) is 7. The molecular formula is C24H16F2N2O5S3. The van der Waals surface area contributed by atoms with Gasteiger partial charge in [0.2, 0.25) is 5.91 Å². The molecule has 36 heavy (non-hydrogen) atoms. The molecule has 1 fully saturated rings. The topological polar surface area (TPSA) is 107 Å². The van der Waals surface area contributed by atoms with E-state index in [4.69, 9.17) is 17.3 Å². The first-order valence-corrected chi connectivity index (χ1v) is 12.4. The fraction of sp³-hybridized carbons (Fsp3) is 0.0833. The lowest BCUT2D eigenvalue weighted by molar-refractivity contribution is -0.122. The fourth-order valence-electron chi connectivity index (χ4n) is 3.30. The molecule has 0 unspecified atom stereocenters. The molecule has 0 saturated carbocycles. The Morgan fingerprint density at radius 2 is 1.86 bits per heavy atom. The lowest BCUT2D eigenvalue weighted by atomic mass is 10.1. The van der Waals surface area contributed by atoms with Gasteiger partial charge in [-0.05, 0) is 52.9 Å². The van der Waals surface area contributed by atoms with Gasteiger partial charge in [0.05, 0.1) is 4.91 Å². The van der Waals surface area contributed by atoms with Gasteiger partial charge in [-0.15, -0.1) is 11.3 Å². The highest BCUT2D eigenvalue weighted by Crippen LogP contribution is 2.35. The van der Waals surface area contributed by atoms with E-state index in [2.05, 4.69) is 5.32 Å². The minimum Gasteiger partial charge on any atom is -0.507 e. The predicted molar refractivity (Wildman–Crippen MR) is 138 cm³/mol. The number of carbonyl (C=O) groups excluding carboxylic acids is 2. The number of anilines is 1.